The van der Waals surface area contributed by atoms with E-state index in [1.54, 1.807) is 24.3 Å². The molecule has 0 amide bonds. The van der Waals surface area contributed by atoms with Crippen LogP contribution in [-0.4, -0.2) is 56.9 Å². The Hall–Kier alpha value is -3.99. The van der Waals surface area contributed by atoms with Gasteiger partial charge in [-0.05, 0) is 37.6 Å². The Bertz CT molecular complexity index is 1410. The molecule has 1 atom stereocenters. The number of fused-ring (bicyclic) bond motifs is 1. The molecular formula is C25H25NO9S. The van der Waals surface area contributed by atoms with E-state index in [0.717, 1.165) is 30.0 Å². The van der Waals surface area contributed by atoms with Crippen LogP contribution >= 0.6 is 0 Å². The third-order valence-electron chi connectivity index (χ3n) is 5.62. The first kappa shape index (κ1) is 26.6. The molecule has 0 N–H and O–H groups in total. The molecule has 3 rings (SSSR count). The van der Waals surface area contributed by atoms with E-state index in [2.05, 4.69) is 0 Å². The number of esters is 3. The molecule has 1 heterocycles. The number of aromatic nitrogens is 1. The van der Waals surface area contributed by atoms with Gasteiger partial charge in [-0.3, -0.25) is 14.4 Å². The zero-order chi connectivity index (χ0) is 26.6. The Labute approximate surface area is 207 Å². The molecule has 1 aromatic heterocycles. The van der Waals surface area contributed by atoms with Gasteiger partial charge in [0.15, 0.2) is 5.92 Å². The van der Waals surface area contributed by atoms with Gasteiger partial charge in [0.05, 0.1) is 37.2 Å². The quantitative estimate of drug-likeness (QED) is 0.182. The van der Waals surface area contributed by atoms with Crippen molar-refractivity contribution in [3.8, 4) is 0 Å². The summed E-state index contributed by atoms with van der Waals surface area (Å²) in [7, 11) is -2.15. The molecule has 0 fully saturated rings. The second-order valence-electron chi connectivity index (χ2n) is 7.80. The molecule has 11 heteroatoms. The zero-order valence-corrected chi connectivity index (χ0v) is 20.9. The molecule has 0 aliphatic carbocycles. The average Bonchev–Trinajstić information content (AvgIpc) is 3.26. The van der Waals surface area contributed by atoms with E-state index in [0.29, 0.717) is 0 Å². The van der Waals surface area contributed by atoms with Crippen LogP contribution in [0.15, 0.2) is 59.6 Å². The Kier molecular flexibility index (Phi) is 7.93. The highest BCUT2D eigenvalue weighted by molar-refractivity contribution is 7.90. The zero-order valence-electron chi connectivity index (χ0n) is 20.1. The molecular weight excluding hydrogens is 490 g/mol. The van der Waals surface area contributed by atoms with Gasteiger partial charge in [0.2, 0.25) is 5.78 Å². The van der Waals surface area contributed by atoms with Gasteiger partial charge in [0.1, 0.15) is 0 Å². The van der Waals surface area contributed by atoms with E-state index >= 15 is 0 Å². The fourth-order valence-electron chi connectivity index (χ4n) is 3.87. The molecule has 0 saturated carbocycles. The minimum absolute atomic E-state index is 0.0221. The lowest BCUT2D eigenvalue weighted by molar-refractivity contribution is -0.163. The summed E-state index contributed by atoms with van der Waals surface area (Å²) < 4.78 is 42.3. The first-order valence-corrected chi connectivity index (χ1v) is 12.3. The number of methoxy groups -OCH3 is 2. The Morgan fingerprint density at radius 3 is 2.06 bits per heavy atom. The maximum atomic E-state index is 13.6. The molecule has 0 bridgehead atoms. The lowest BCUT2D eigenvalue weighted by Gasteiger charge is -2.21. The van der Waals surface area contributed by atoms with E-state index in [1.165, 1.54) is 31.2 Å². The number of carbonyl (C=O) groups is 4. The molecule has 3 aromatic rings. The summed E-state index contributed by atoms with van der Waals surface area (Å²) in [6.45, 7) is 3.16. The Morgan fingerprint density at radius 1 is 0.917 bits per heavy atom. The van der Waals surface area contributed by atoms with Crippen molar-refractivity contribution in [2.75, 3.05) is 20.8 Å². The molecule has 10 nitrogen and oxygen atoms in total. The summed E-state index contributed by atoms with van der Waals surface area (Å²) in [5.41, 5.74) is 0.967. The molecule has 2 aromatic carbocycles. The highest BCUT2D eigenvalue weighted by Gasteiger charge is 2.46. The number of carbonyl (C=O) groups excluding carboxylic acids is 4. The monoisotopic (exact) mass is 515 g/mol. The number of para-hydroxylation sites is 1. The predicted molar refractivity (Wildman–Crippen MR) is 128 cm³/mol. The van der Waals surface area contributed by atoms with Gasteiger partial charge < -0.3 is 14.2 Å². The van der Waals surface area contributed by atoms with Crippen LogP contribution in [0.2, 0.25) is 0 Å². The number of ketones is 1. The first-order chi connectivity index (χ1) is 17.1. The van der Waals surface area contributed by atoms with E-state index in [9.17, 15) is 27.6 Å². The van der Waals surface area contributed by atoms with Gasteiger partial charge in [0, 0.05) is 11.6 Å². The minimum Gasteiger partial charge on any atom is -0.468 e. The molecule has 1 unspecified atom stereocenters. The second-order valence-corrected chi connectivity index (χ2v) is 9.62. The van der Waals surface area contributed by atoms with E-state index in [-0.39, 0.29) is 28.0 Å². The molecule has 0 spiro atoms. The Balaban J connectivity index is 2.34. The van der Waals surface area contributed by atoms with Crippen molar-refractivity contribution in [2.45, 2.75) is 24.7 Å². The van der Waals surface area contributed by atoms with Crippen LogP contribution in [0.3, 0.4) is 0 Å². The first-order valence-electron chi connectivity index (χ1n) is 10.9. The highest BCUT2D eigenvalue weighted by Crippen LogP contribution is 2.36. The fourth-order valence-corrected chi connectivity index (χ4v) is 5.25. The summed E-state index contributed by atoms with van der Waals surface area (Å²) in [5.74, 6) is -8.46. The van der Waals surface area contributed by atoms with Crippen LogP contribution in [0, 0.1) is 12.8 Å². The molecule has 0 aliphatic heterocycles. The average molecular weight is 516 g/mol. The van der Waals surface area contributed by atoms with Crippen molar-refractivity contribution in [2.24, 2.45) is 5.92 Å². The summed E-state index contributed by atoms with van der Waals surface area (Å²) in [4.78, 5) is 51.0. The summed E-state index contributed by atoms with van der Waals surface area (Å²) >= 11 is 0. The van der Waals surface area contributed by atoms with Gasteiger partial charge >= 0.3 is 17.9 Å². The summed E-state index contributed by atoms with van der Waals surface area (Å²) in [5, 5.41) is 0.230. The number of benzene rings is 2. The maximum absolute atomic E-state index is 13.6. The van der Waals surface area contributed by atoms with Crippen LogP contribution in [-0.2, 0) is 43.4 Å². The fraction of sp³-hybridized carbons (Fsp3) is 0.280. The molecule has 0 aliphatic rings. The van der Waals surface area contributed by atoms with Gasteiger partial charge in [-0.25, -0.2) is 17.2 Å². The predicted octanol–water partition coefficient (Wildman–Crippen LogP) is 2.36. The molecule has 190 valence electrons. The van der Waals surface area contributed by atoms with Crippen LogP contribution in [0.5, 0.6) is 0 Å². The van der Waals surface area contributed by atoms with Gasteiger partial charge in [-0.15, -0.1) is 0 Å². The van der Waals surface area contributed by atoms with Gasteiger partial charge in [-0.1, -0.05) is 35.9 Å². The highest BCUT2D eigenvalue weighted by atomic mass is 32.2. The van der Waals surface area contributed by atoms with Crippen molar-refractivity contribution in [3.05, 3.63) is 65.9 Å². The van der Waals surface area contributed by atoms with E-state index in [1.807, 2.05) is 6.92 Å². The molecule has 0 saturated heterocycles. The number of hydrogen-bond donors (Lipinski definition) is 0. The third kappa shape index (κ3) is 4.87. The number of Topliss-reactive ketones (excluding diaryl/α,β-unsaturated/α-hetero) is 1. The van der Waals surface area contributed by atoms with E-state index < -0.39 is 45.6 Å². The standard InChI is InChI=1S/C25H25NO9S/c1-5-35-25(30)22(27)20(21(23(28)33-3)24(29)34-4)18-14-26(19-9-7-6-8-17(18)19)36(31,32)16-12-10-15(2)11-13-16/h6-14,20-21H,5H2,1-4H3. The SMILES string of the molecule is CCOC(=O)C(=O)C(c1cn(S(=O)(=O)c2ccc(C)cc2)c2ccccc12)C(C(=O)OC)C(=O)OC. The van der Waals surface area contributed by atoms with Crippen molar-refractivity contribution in [1.82, 2.24) is 3.97 Å². The van der Waals surface area contributed by atoms with Gasteiger partial charge in [-0.2, -0.15) is 0 Å². The summed E-state index contributed by atoms with van der Waals surface area (Å²) in [6.07, 6.45) is 1.13. The maximum Gasteiger partial charge on any atom is 0.375 e. The number of hydrogen-bond acceptors (Lipinski definition) is 9. The number of aryl methyl sites for hydroxylation is 1. The lowest BCUT2D eigenvalue weighted by atomic mass is 9.82. The third-order valence-corrected chi connectivity index (χ3v) is 7.31. The van der Waals surface area contributed by atoms with Crippen molar-refractivity contribution < 1.29 is 41.8 Å². The smallest absolute Gasteiger partial charge is 0.375 e. The molecule has 36 heavy (non-hydrogen) atoms. The van der Waals surface area contributed by atoms with Crippen molar-refractivity contribution in [3.63, 3.8) is 0 Å². The van der Waals surface area contributed by atoms with E-state index in [4.69, 9.17) is 14.2 Å². The minimum atomic E-state index is -4.17. The summed E-state index contributed by atoms with van der Waals surface area (Å²) in [6, 6.07) is 12.3. The van der Waals surface area contributed by atoms with Crippen LogP contribution in [0.25, 0.3) is 10.9 Å². The van der Waals surface area contributed by atoms with Crippen LogP contribution < -0.4 is 0 Å². The van der Waals surface area contributed by atoms with Crippen molar-refractivity contribution in [1.29, 1.82) is 0 Å². The lowest BCUT2D eigenvalue weighted by Crippen LogP contribution is -2.39. The van der Waals surface area contributed by atoms with Gasteiger partial charge in [0.25, 0.3) is 10.0 Å². The van der Waals surface area contributed by atoms with Crippen LogP contribution in [0.4, 0.5) is 0 Å². The molecule has 0 radical (unpaired) electrons. The topological polar surface area (TPSA) is 135 Å². The normalized spacial score (nSPS) is 12.2. The number of nitrogens with zero attached hydrogens (tertiary/aromatic N) is 1. The number of ether oxygens (including phenoxy) is 3. The largest absolute Gasteiger partial charge is 0.468 e. The Morgan fingerprint density at radius 2 is 1.50 bits per heavy atom. The van der Waals surface area contributed by atoms with Crippen molar-refractivity contribution >= 4 is 44.6 Å². The number of rotatable bonds is 9. The van der Waals surface area contributed by atoms with Crippen LogP contribution in [0.1, 0.15) is 24.0 Å². The second kappa shape index (κ2) is 10.7.